The average molecular weight is 380 g/mol. The van der Waals surface area contributed by atoms with E-state index < -0.39 is 11.7 Å². The summed E-state index contributed by atoms with van der Waals surface area (Å²) in [6.07, 6.45) is -0.898. The number of H-pyrrole nitrogens is 1. The van der Waals surface area contributed by atoms with Crippen LogP contribution in [0.2, 0.25) is 0 Å². The van der Waals surface area contributed by atoms with Gasteiger partial charge in [-0.25, -0.2) is 4.98 Å². The third-order valence-corrected chi connectivity index (χ3v) is 5.12. The highest BCUT2D eigenvalue weighted by Gasteiger charge is 2.30. The van der Waals surface area contributed by atoms with Crippen LogP contribution in [-0.4, -0.2) is 40.5 Å². The van der Waals surface area contributed by atoms with E-state index in [1.165, 1.54) is 12.1 Å². The van der Waals surface area contributed by atoms with Crippen LogP contribution in [0.1, 0.15) is 43.1 Å². The Kier molecular flexibility index (Phi) is 6.22. The van der Waals surface area contributed by atoms with Gasteiger partial charge in [0.2, 0.25) is 0 Å². The van der Waals surface area contributed by atoms with E-state index in [0.717, 1.165) is 69.0 Å². The van der Waals surface area contributed by atoms with Crippen molar-refractivity contribution < 1.29 is 13.2 Å². The molecular weight excluding hydrogens is 353 g/mol. The minimum Gasteiger partial charge on any atom is -0.342 e. The van der Waals surface area contributed by atoms with Crippen molar-refractivity contribution in [1.82, 2.24) is 20.2 Å². The minimum atomic E-state index is -4.32. The van der Waals surface area contributed by atoms with Gasteiger partial charge in [-0.3, -0.25) is 4.90 Å². The number of halogens is 3. The zero-order valence-electron chi connectivity index (χ0n) is 15.9. The normalized spacial score (nSPS) is 16.8. The van der Waals surface area contributed by atoms with Gasteiger partial charge in [0.1, 0.15) is 5.82 Å². The molecule has 1 aromatic carbocycles. The predicted molar refractivity (Wildman–Crippen MR) is 100 cm³/mol. The van der Waals surface area contributed by atoms with E-state index in [1.54, 1.807) is 0 Å². The maximum Gasteiger partial charge on any atom is 0.416 e. The average Bonchev–Trinajstić information content (AvgIpc) is 3.01. The van der Waals surface area contributed by atoms with Crippen LogP contribution in [0, 0.1) is 6.92 Å². The van der Waals surface area contributed by atoms with E-state index in [1.807, 2.05) is 6.92 Å². The Hall–Kier alpha value is -1.86. The lowest BCUT2D eigenvalue weighted by molar-refractivity contribution is -0.137. The van der Waals surface area contributed by atoms with Gasteiger partial charge in [0, 0.05) is 36.9 Å². The number of aromatic nitrogens is 2. The van der Waals surface area contributed by atoms with Gasteiger partial charge in [-0.05, 0) is 44.9 Å². The molecule has 7 heteroatoms. The summed E-state index contributed by atoms with van der Waals surface area (Å²) in [6.45, 7) is 8.04. The molecule has 0 spiro atoms. The van der Waals surface area contributed by atoms with Crippen LogP contribution in [0.4, 0.5) is 13.2 Å². The molecule has 2 heterocycles. The number of hydrogen-bond donors (Lipinski definition) is 2. The summed E-state index contributed by atoms with van der Waals surface area (Å²) in [5.41, 5.74) is 1.95. The van der Waals surface area contributed by atoms with Gasteiger partial charge in [0.05, 0.1) is 11.3 Å². The summed E-state index contributed by atoms with van der Waals surface area (Å²) in [4.78, 5) is 10.2. The van der Waals surface area contributed by atoms with E-state index in [-0.39, 0.29) is 0 Å². The standard InChI is InChI=1S/C20H27F3N4/c1-3-10-24-17-8-11-27(12-9-17)13-18-14(2)25-19(26-18)15-4-6-16(7-5-15)20(21,22)23/h4-7,17,24H,3,8-13H2,1-2H3,(H,25,26). The van der Waals surface area contributed by atoms with Crippen molar-refractivity contribution in [2.45, 2.75) is 51.9 Å². The topological polar surface area (TPSA) is 44.0 Å². The molecule has 1 saturated heterocycles. The number of aromatic amines is 1. The lowest BCUT2D eigenvalue weighted by Gasteiger charge is -2.32. The molecule has 0 amide bonds. The molecule has 2 aromatic rings. The van der Waals surface area contributed by atoms with Gasteiger partial charge >= 0.3 is 6.18 Å². The van der Waals surface area contributed by atoms with Crippen molar-refractivity contribution in [1.29, 1.82) is 0 Å². The Labute approximate surface area is 158 Å². The van der Waals surface area contributed by atoms with Gasteiger partial charge in [0.15, 0.2) is 0 Å². The lowest BCUT2D eigenvalue weighted by atomic mass is 10.0. The second kappa shape index (κ2) is 8.44. The van der Waals surface area contributed by atoms with Crippen LogP contribution < -0.4 is 5.32 Å². The van der Waals surface area contributed by atoms with Crippen molar-refractivity contribution >= 4 is 0 Å². The molecule has 2 N–H and O–H groups in total. The van der Waals surface area contributed by atoms with Gasteiger partial charge < -0.3 is 10.3 Å². The molecule has 3 rings (SSSR count). The van der Waals surface area contributed by atoms with E-state index in [2.05, 4.69) is 27.1 Å². The first-order valence-corrected chi connectivity index (χ1v) is 9.55. The molecule has 1 aromatic heterocycles. The number of alkyl halides is 3. The molecule has 4 nitrogen and oxygen atoms in total. The number of benzene rings is 1. The molecule has 1 aliphatic heterocycles. The summed E-state index contributed by atoms with van der Waals surface area (Å²) in [6, 6.07) is 5.73. The first-order chi connectivity index (χ1) is 12.9. The number of imidazole rings is 1. The van der Waals surface area contributed by atoms with E-state index in [0.29, 0.717) is 17.4 Å². The summed E-state index contributed by atoms with van der Waals surface area (Å²) in [5.74, 6) is 0.621. The highest BCUT2D eigenvalue weighted by Crippen LogP contribution is 2.30. The molecule has 27 heavy (non-hydrogen) atoms. The van der Waals surface area contributed by atoms with Crippen LogP contribution in [0.15, 0.2) is 24.3 Å². The number of nitrogens with one attached hydrogen (secondary N) is 2. The van der Waals surface area contributed by atoms with Crippen LogP contribution in [0.25, 0.3) is 11.4 Å². The molecule has 0 bridgehead atoms. The van der Waals surface area contributed by atoms with E-state index in [9.17, 15) is 13.2 Å². The molecule has 1 fully saturated rings. The minimum absolute atomic E-state index is 0.601. The Morgan fingerprint density at radius 3 is 2.44 bits per heavy atom. The molecule has 0 aliphatic carbocycles. The summed E-state index contributed by atoms with van der Waals surface area (Å²) in [5, 5.41) is 3.58. The Bertz CT molecular complexity index is 729. The predicted octanol–water partition coefficient (Wildman–Crippen LogP) is 4.37. The van der Waals surface area contributed by atoms with Crippen molar-refractivity contribution in [3.05, 3.63) is 41.2 Å². The molecule has 0 atom stereocenters. The van der Waals surface area contributed by atoms with Crippen molar-refractivity contribution in [3.63, 3.8) is 0 Å². The fraction of sp³-hybridized carbons (Fsp3) is 0.550. The Morgan fingerprint density at radius 1 is 1.19 bits per heavy atom. The largest absolute Gasteiger partial charge is 0.416 e. The second-order valence-corrected chi connectivity index (χ2v) is 7.24. The molecule has 0 unspecified atom stereocenters. The van der Waals surface area contributed by atoms with Crippen LogP contribution in [0.5, 0.6) is 0 Å². The number of piperidine rings is 1. The molecular formula is C20H27F3N4. The first-order valence-electron chi connectivity index (χ1n) is 9.55. The highest BCUT2D eigenvalue weighted by molar-refractivity contribution is 5.56. The van der Waals surface area contributed by atoms with E-state index in [4.69, 9.17) is 0 Å². The maximum absolute atomic E-state index is 12.7. The first kappa shape index (κ1) is 19.9. The second-order valence-electron chi connectivity index (χ2n) is 7.24. The quantitative estimate of drug-likeness (QED) is 0.782. The maximum atomic E-state index is 12.7. The van der Waals surface area contributed by atoms with Crippen LogP contribution in [0.3, 0.4) is 0 Å². The monoisotopic (exact) mass is 380 g/mol. The third kappa shape index (κ3) is 5.11. The molecule has 1 aliphatic rings. The van der Waals surface area contributed by atoms with Gasteiger partial charge in [-0.2, -0.15) is 13.2 Å². The Balaban J connectivity index is 1.62. The number of aryl methyl sites for hydroxylation is 1. The number of nitrogens with zero attached hydrogens (tertiary/aromatic N) is 2. The van der Waals surface area contributed by atoms with Crippen molar-refractivity contribution in [2.24, 2.45) is 0 Å². The summed E-state index contributed by atoms with van der Waals surface area (Å²) < 4.78 is 38.1. The zero-order valence-corrected chi connectivity index (χ0v) is 15.9. The van der Waals surface area contributed by atoms with Gasteiger partial charge in [0.25, 0.3) is 0 Å². The number of rotatable bonds is 6. The molecule has 148 valence electrons. The van der Waals surface area contributed by atoms with Crippen molar-refractivity contribution in [3.8, 4) is 11.4 Å². The highest BCUT2D eigenvalue weighted by atomic mass is 19.4. The van der Waals surface area contributed by atoms with Crippen molar-refractivity contribution in [2.75, 3.05) is 19.6 Å². The van der Waals surface area contributed by atoms with Crippen LogP contribution >= 0.6 is 0 Å². The SMILES string of the molecule is CCCNC1CCN(Cc2nc(-c3ccc(C(F)(F)F)cc3)[nH]c2C)CC1. The lowest BCUT2D eigenvalue weighted by Crippen LogP contribution is -2.42. The summed E-state index contributed by atoms with van der Waals surface area (Å²) >= 11 is 0. The molecule has 0 saturated carbocycles. The Morgan fingerprint density at radius 2 is 1.85 bits per heavy atom. The van der Waals surface area contributed by atoms with Gasteiger partial charge in [-0.1, -0.05) is 19.1 Å². The number of likely N-dealkylation sites (tertiary alicyclic amines) is 1. The third-order valence-electron chi connectivity index (χ3n) is 5.12. The van der Waals surface area contributed by atoms with Crippen LogP contribution in [-0.2, 0) is 12.7 Å². The smallest absolute Gasteiger partial charge is 0.342 e. The fourth-order valence-electron chi connectivity index (χ4n) is 3.46. The molecule has 0 radical (unpaired) electrons. The summed E-state index contributed by atoms with van der Waals surface area (Å²) in [7, 11) is 0. The van der Waals surface area contributed by atoms with Gasteiger partial charge in [-0.15, -0.1) is 0 Å². The number of hydrogen-bond acceptors (Lipinski definition) is 3. The zero-order chi connectivity index (χ0) is 19.4. The van der Waals surface area contributed by atoms with E-state index >= 15 is 0 Å². The fourth-order valence-corrected chi connectivity index (χ4v) is 3.46.